The number of hydrogen-bond acceptors (Lipinski definition) is 5. The van der Waals surface area contributed by atoms with E-state index in [9.17, 15) is 19.2 Å². The second-order valence-electron chi connectivity index (χ2n) is 7.09. The van der Waals surface area contributed by atoms with E-state index in [2.05, 4.69) is 5.32 Å². The van der Waals surface area contributed by atoms with Gasteiger partial charge in [-0.15, -0.1) is 0 Å². The van der Waals surface area contributed by atoms with Gasteiger partial charge in [-0.05, 0) is 36.2 Å². The number of imide groups is 2. The molecule has 1 aliphatic rings. The Balaban J connectivity index is 1.73. The lowest BCUT2D eigenvalue weighted by Crippen LogP contribution is -2.39. The standard InChI is InChI=1S/C21H20ClN3O5/c1-13(2)11-24-19(27)20(28)25(21(24)29)12-18(26)23-16-10-14(22)8-9-17(16)30-15-6-4-3-5-7-15/h3-10,13H,11-12H2,1-2H3,(H,23,26). The molecule has 2 aromatic carbocycles. The molecule has 0 spiro atoms. The van der Waals surface area contributed by atoms with Crippen LogP contribution >= 0.6 is 11.6 Å². The fraction of sp³-hybridized carbons (Fsp3) is 0.238. The van der Waals surface area contributed by atoms with Gasteiger partial charge in [0.05, 0.1) is 5.69 Å². The number of nitrogens with zero attached hydrogens (tertiary/aromatic N) is 2. The van der Waals surface area contributed by atoms with Crippen LogP contribution < -0.4 is 10.1 Å². The van der Waals surface area contributed by atoms with E-state index in [0.29, 0.717) is 21.4 Å². The number of rotatable bonds is 7. The van der Waals surface area contributed by atoms with Gasteiger partial charge in [-0.3, -0.25) is 19.3 Å². The van der Waals surface area contributed by atoms with Gasteiger partial charge in [-0.2, -0.15) is 0 Å². The van der Waals surface area contributed by atoms with Gasteiger partial charge in [0.15, 0.2) is 5.75 Å². The van der Waals surface area contributed by atoms with Crippen molar-refractivity contribution in [1.82, 2.24) is 9.80 Å². The minimum Gasteiger partial charge on any atom is -0.455 e. The molecule has 1 saturated heterocycles. The Morgan fingerprint density at radius 3 is 2.37 bits per heavy atom. The molecule has 1 N–H and O–H groups in total. The predicted molar refractivity (Wildman–Crippen MR) is 110 cm³/mol. The van der Waals surface area contributed by atoms with Crippen LogP contribution in [0, 0.1) is 5.92 Å². The first-order valence-corrected chi connectivity index (χ1v) is 9.63. The van der Waals surface area contributed by atoms with Crippen LogP contribution in [-0.4, -0.2) is 46.6 Å². The summed E-state index contributed by atoms with van der Waals surface area (Å²) in [6.07, 6.45) is 0. The number of nitrogens with one attached hydrogen (secondary N) is 1. The van der Waals surface area contributed by atoms with Crippen LogP contribution in [0.25, 0.3) is 0 Å². The molecule has 0 aliphatic carbocycles. The number of ether oxygens (including phenoxy) is 1. The van der Waals surface area contributed by atoms with E-state index < -0.39 is 30.3 Å². The fourth-order valence-corrected chi connectivity index (χ4v) is 3.03. The molecule has 0 atom stereocenters. The summed E-state index contributed by atoms with van der Waals surface area (Å²) >= 11 is 6.03. The summed E-state index contributed by atoms with van der Waals surface area (Å²) in [5.41, 5.74) is 0.265. The Kier molecular flexibility index (Phi) is 6.37. The number of carbonyl (C=O) groups is 4. The van der Waals surface area contributed by atoms with Crippen LogP contribution in [0.2, 0.25) is 5.02 Å². The van der Waals surface area contributed by atoms with E-state index in [1.54, 1.807) is 36.4 Å². The van der Waals surface area contributed by atoms with E-state index >= 15 is 0 Å². The summed E-state index contributed by atoms with van der Waals surface area (Å²) in [6, 6.07) is 12.8. The average molecular weight is 430 g/mol. The zero-order valence-electron chi connectivity index (χ0n) is 16.4. The molecule has 1 heterocycles. The minimum atomic E-state index is -1.03. The maximum absolute atomic E-state index is 12.5. The second kappa shape index (κ2) is 8.96. The molecule has 9 heteroatoms. The Bertz CT molecular complexity index is 993. The molecule has 1 aliphatic heterocycles. The third-order valence-corrected chi connectivity index (χ3v) is 4.41. The average Bonchev–Trinajstić information content (AvgIpc) is 2.89. The summed E-state index contributed by atoms with van der Waals surface area (Å²) < 4.78 is 5.77. The molecule has 8 nitrogen and oxygen atoms in total. The van der Waals surface area contributed by atoms with Crippen molar-refractivity contribution >= 4 is 41.0 Å². The van der Waals surface area contributed by atoms with E-state index in [1.165, 1.54) is 6.07 Å². The van der Waals surface area contributed by atoms with Gasteiger partial charge in [-0.1, -0.05) is 43.6 Å². The zero-order chi connectivity index (χ0) is 21.8. The number of benzene rings is 2. The first kappa shape index (κ1) is 21.3. The summed E-state index contributed by atoms with van der Waals surface area (Å²) in [5.74, 6) is -1.76. The van der Waals surface area contributed by atoms with Gasteiger partial charge < -0.3 is 10.1 Å². The lowest BCUT2D eigenvalue weighted by Gasteiger charge is -2.17. The maximum atomic E-state index is 12.5. The molecular weight excluding hydrogens is 410 g/mol. The highest BCUT2D eigenvalue weighted by atomic mass is 35.5. The van der Waals surface area contributed by atoms with Crippen molar-refractivity contribution in [2.24, 2.45) is 5.92 Å². The highest BCUT2D eigenvalue weighted by Gasteiger charge is 2.45. The number of urea groups is 1. The topological polar surface area (TPSA) is 96.0 Å². The quantitative estimate of drug-likeness (QED) is 0.536. The lowest BCUT2D eigenvalue weighted by molar-refractivity contribution is -0.143. The minimum absolute atomic E-state index is 0.0105. The molecule has 5 amide bonds. The molecule has 156 valence electrons. The summed E-state index contributed by atoms with van der Waals surface area (Å²) in [5, 5.41) is 2.94. The van der Waals surface area contributed by atoms with Crippen molar-refractivity contribution in [3.63, 3.8) is 0 Å². The third kappa shape index (κ3) is 4.77. The molecule has 0 aromatic heterocycles. The predicted octanol–water partition coefficient (Wildman–Crippen LogP) is 3.52. The molecule has 0 bridgehead atoms. The van der Waals surface area contributed by atoms with E-state index in [4.69, 9.17) is 16.3 Å². The number of anilines is 1. The monoisotopic (exact) mass is 429 g/mol. The van der Waals surface area contributed by atoms with E-state index in [-0.39, 0.29) is 18.2 Å². The molecule has 0 saturated carbocycles. The molecule has 3 rings (SSSR count). The maximum Gasteiger partial charge on any atom is 0.334 e. The van der Waals surface area contributed by atoms with Crippen molar-refractivity contribution in [3.05, 3.63) is 53.6 Å². The van der Waals surface area contributed by atoms with Crippen molar-refractivity contribution in [1.29, 1.82) is 0 Å². The normalized spacial score (nSPS) is 13.9. The Hall–Kier alpha value is -3.39. The molecule has 1 fully saturated rings. The zero-order valence-corrected chi connectivity index (χ0v) is 17.2. The van der Waals surface area contributed by atoms with E-state index in [1.807, 2.05) is 19.9 Å². The highest BCUT2D eigenvalue weighted by molar-refractivity contribution is 6.45. The molecule has 30 heavy (non-hydrogen) atoms. The SMILES string of the molecule is CC(C)CN1C(=O)C(=O)N(CC(=O)Nc2cc(Cl)ccc2Oc2ccccc2)C1=O. The first-order valence-electron chi connectivity index (χ1n) is 9.26. The van der Waals surface area contributed by atoms with Gasteiger partial charge >= 0.3 is 17.8 Å². The van der Waals surface area contributed by atoms with Crippen LogP contribution in [-0.2, 0) is 14.4 Å². The smallest absolute Gasteiger partial charge is 0.334 e. The molecular formula is C21H20ClN3O5. The van der Waals surface area contributed by atoms with Crippen molar-refractivity contribution in [3.8, 4) is 11.5 Å². The van der Waals surface area contributed by atoms with Crippen molar-refractivity contribution in [2.45, 2.75) is 13.8 Å². The molecule has 0 radical (unpaired) electrons. The summed E-state index contributed by atoms with van der Waals surface area (Å²) in [4.78, 5) is 50.6. The number of amides is 5. The Morgan fingerprint density at radius 2 is 1.70 bits per heavy atom. The largest absolute Gasteiger partial charge is 0.455 e. The Morgan fingerprint density at radius 1 is 1.03 bits per heavy atom. The van der Waals surface area contributed by atoms with Gasteiger partial charge in [-0.25, -0.2) is 9.69 Å². The van der Waals surface area contributed by atoms with Gasteiger partial charge in [0.2, 0.25) is 5.91 Å². The van der Waals surface area contributed by atoms with Gasteiger partial charge in [0, 0.05) is 11.6 Å². The number of hydrogen-bond donors (Lipinski definition) is 1. The first-order chi connectivity index (χ1) is 14.3. The van der Waals surface area contributed by atoms with Crippen LogP contribution in [0.4, 0.5) is 10.5 Å². The number of carbonyl (C=O) groups excluding carboxylic acids is 4. The van der Waals surface area contributed by atoms with Crippen molar-refractivity contribution < 1.29 is 23.9 Å². The fourth-order valence-electron chi connectivity index (χ4n) is 2.85. The highest BCUT2D eigenvalue weighted by Crippen LogP contribution is 2.32. The van der Waals surface area contributed by atoms with E-state index in [0.717, 1.165) is 4.90 Å². The second-order valence-corrected chi connectivity index (χ2v) is 7.52. The van der Waals surface area contributed by atoms with Crippen LogP contribution in [0.5, 0.6) is 11.5 Å². The summed E-state index contributed by atoms with van der Waals surface area (Å²) in [7, 11) is 0. The van der Waals surface area contributed by atoms with Crippen LogP contribution in [0.15, 0.2) is 48.5 Å². The van der Waals surface area contributed by atoms with Gasteiger partial charge in [0.25, 0.3) is 0 Å². The number of halogens is 1. The lowest BCUT2D eigenvalue weighted by atomic mass is 10.2. The van der Waals surface area contributed by atoms with Gasteiger partial charge in [0.1, 0.15) is 12.3 Å². The molecule has 2 aromatic rings. The third-order valence-electron chi connectivity index (χ3n) is 4.17. The van der Waals surface area contributed by atoms with Crippen LogP contribution in [0.1, 0.15) is 13.8 Å². The molecule has 0 unspecified atom stereocenters. The van der Waals surface area contributed by atoms with Crippen LogP contribution in [0.3, 0.4) is 0 Å². The number of para-hydroxylation sites is 1. The Labute approximate surface area is 178 Å². The summed E-state index contributed by atoms with van der Waals surface area (Å²) in [6.45, 7) is 3.13. The van der Waals surface area contributed by atoms with Crippen molar-refractivity contribution in [2.75, 3.05) is 18.4 Å².